The summed E-state index contributed by atoms with van der Waals surface area (Å²) in [5.41, 5.74) is 8.67. The van der Waals surface area contributed by atoms with Crippen LogP contribution in [-0.4, -0.2) is 40.1 Å². The number of aryl methyl sites for hydroxylation is 1. The van der Waals surface area contributed by atoms with Gasteiger partial charge in [-0.25, -0.2) is 4.98 Å². The molecule has 0 spiro atoms. The van der Waals surface area contributed by atoms with Crippen LogP contribution in [0.5, 0.6) is 0 Å². The van der Waals surface area contributed by atoms with Crippen LogP contribution in [0.2, 0.25) is 0 Å². The number of carbonyl (C=O) groups is 1. The predicted molar refractivity (Wildman–Crippen MR) is 92.9 cm³/mol. The van der Waals surface area contributed by atoms with Crippen molar-refractivity contribution < 1.29 is 9.32 Å². The topological polar surface area (TPSA) is 85.2 Å². The minimum atomic E-state index is 0.0405. The van der Waals surface area contributed by atoms with Crippen molar-refractivity contribution in [1.82, 2.24) is 15.0 Å². The number of piperidine rings is 1. The zero-order valence-electron chi connectivity index (χ0n) is 14.9. The van der Waals surface area contributed by atoms with Crippen LogP contribution in [-0.2, 0) is 0 Å². The van der Waals surface area contributed by atoms with Crippen molar-refractivity contribution in [2.75, 3.05) is 13.1 Å². The Kier molecular flexibility index (Phi) is 4.58. The second-order valence-corrected chi connectivity index (χ2v) is 7.20. The molecule has 1 atom stereocenters. The van der Waals surface area contributed by atoms with E-state index in [0.29, 0.717) is 17.2 Å². The molecule has 3 heterocycles. The number of nitrogens with zero attached hydrogens (tertiary/aromatic N) is 3. The van der Waals surface area contributed by atoms with E-state index in [1.807, 2.05) is 38.7 Å². The Morgan fingerprint density at radius 1 is 1.33 bits per heavy atom. The fourth-order valence-electron chi connectivity index (χ4n) is 3.46. The monoisotopic (exact) mass is 330 g/mol. The van der Waals surface area contributed by atoms with Crippen LogP contribution in [0.3, 0.4) is 0 Å². The first kappa shape index (κ1) is 16.9. The molecule has 1 amide bonds. The molecule has 0 radical (unpaired) electrons. The first-order valence-corrected chi connectivity index (χ1v) is 8.70. The van der Waals surface area contributed by atoms with Gasteiger partial charge in [-0.05, 0) is 44.6 Å². The van der Waals surface area contributed by atoms with E-state index in [2.05, 4.69) is 10.1 Å². The van der Waals surface area contributed by atoms with Crippen molar-refractivity contribution in [2.45, 2.75) is 52.5 Å². The molecular weight excluding hydrogens is 304 g/mol. The van der Waals surface area contributed by atoms with E-state index in [1.54, 1.807) is 0 Å². The van der Waals surface area contributed by atoms with Crippen LogP contribution >= 0.6 is 0 Å². The summed E-state index contributed by atoms with van der Waals surface area (Å²) in [6.07, 6.45) is 1.91. The van der Waals surface area contributed by atoms with Gasteiger partial charge in [-0.15, -0.1) is 0 Å². The van der Waals surface area contributed by atoms with E-state index in [0.717, 1.165) is 42.7 Å². The number of carbonyl (C=O) groups excluding carboxylic acids is 1. The Hall–Kier alpha value is -1.95. The smallest absolute Gasteiger partial charge is 0.259 e. The van der Waals surface area contributed by atoms with E-state index in [1.165, 1.54) is 0 Å². The van der Waals surface area contributed by atoms with Crippen LogP contribution in [0.15, 0.2) is 10.6 Å². The van der Waals surface area contributed by atoms with Crippen molar-refractivity contribution in [3.63, 3.8) is 0 Å². The zero-order valence-corrected chi connectivity index (χ0v) is 14.9. The molecule has 0 aromatic carbocycles. The molecule has 130 valence electrons. The summed E-state index contributed by atoms with van der Waals surface area (Å²) in [7, 11) is 0. The highest BCUT2D eigenvalue weighted by Crippen LogP contribution is 2.29. The van der Waals surface area contributed by atoms with Crippen molar-refractivity contribution in [1.29, 1.82) is 0 Å². The number of nitrogens with two attached hydrogens (primary N) is 1. The van der Waals surface area contributed by atoms with Gasteiger partial charge >= 0.3 is 0 Å². The number of fused-ring (bicyclic) bond motifs is 1. The lowest BCUT2D eigenvalue weighted by Crippen LogP contribution is -2.42. The number of hydrogen-bond donors (Lipinski definition) is 1. The standard InChI is InChI=1S/C18H26N4O2/c1-10(2)16-15-14(9-11(3)20-17(15)24-21-16)18(23)22-7-5-13(6-8-22)12(4)19/h9-10,12-13H,5-8,19H2,1-4H3. The van der Waals surface area contributed by atoms with Gasteiger partial charge in [0.25, 0.3) is 11.6 Å². The van der Waals surface area contributed by atoms with E-state index in [9.17, 15) is 4.79 Å². The summed E-state index contributed by atoms with van der Waals surface area (Å²) in [5.74, 6) is 0.708. The number of hydrogen-bond acceptors (Lipinski definition) is 5. The molecule has 0 saturated carbocycles. The second-order valence-electron chi connectivity index (χ2n) is 7.20. The molecule has 3 rings (SSSR count). The van der Waals surface area contributed by atoms with Crippen molar-refractivity contribution in [3.8, 4) is 0 Å². The van der Waals surface area contributed by atoms with Gasteiger partial charge in [-0.2, -0.15) is 0 Å². The summed E-state index contributed by atoms with van der Waals surface area (Å²) in [4.78, 5) is 19.4. The van der Waals surface area contributed by atoms with Gasteiger partial charge in [0.1, 0.15) is 0 Å². The highest BCUT2D eigenvalue weighted by Gasteiger charge is 2.28. The summed E-state index contributed by atoms with van der Waals surface area (Å²) in [6.45, 7) is 9.49. The van der Waals surface area contributed by atoms with Gasteiger partial charge in [0.2, 0.25) is 0 Å². The maximum absolute atomic E-state index is 13.1. The molecule has 2 N–H and O–H groups in total. The molecule has 1 aliphatic rings. The molecule has 2 aromatic rings. The first-order valence-electron chi connectivity index (χ1n) is 8.70. The molecule has 1 fully saturated rings. The molecule has 2 aromatic heterocycles. The van der Waals surface area contributed by atoms with Gasteiger partial charge in [0.15, 0.2) is 0 Å². The minimum absolute atomic E-state index is 0.0405. The molecule has 0 bridgehead atoms. The second kappa shape index (κ2) is 6.51. The van der Waals surface area contributed by atoms with E-state index in [4.69, 9.17) is 10.3 Å². The maximum Gasteiger partial charge on any atom is 0.259 e. The Bertz CT molecular complexity index is 743. The average Bonchev–Trinajstić information content (AvgIpc) is 2.97. The Morgan fingerprint density at radius 3 is 2.58 bits per heavy atom. The summed E-state index contributed by atoms with van der Waals surface area (Å²) in [6, 6.07) is 2.04. The SMILES string of the molecule is Cc1cc(C(=O)N2CCC(C(C)N)CC2)c2c(C(C)C)noc2n1. The lowest BCUT2D eigenvalue weighted by Gasteiger charge is -2.33. The summed E-state index contributed by atoms with van der Waals surface area (Å²) < 4.78 is 5.37. The highest BCUT2D eigenvalue weighted by atomic mass is 16.5. The Balaban J connectivity index is 1.94. The maximum atomic E-state index is 13.1. The number of amides is 1. The molecular formula is C18H26N4O2. The normalized spacial score (nSPS) is 17.7. The molecule has 24 heavy (non-hydrogen) atoms. The third-order valence-electron chi connectivity index (χ3n) is 4.95. The number of aromatic nitrogens is 2. The Labute approximate surface area is 142 Å². The van der Waals surface area contributed by atoms with Crippen LogP contribution in [0.4, 0.5) is 0 Å². The van der Waals surface area contributed by atoms with Gasteiger partial charge in [-0.1, -0.05) is 19.0 Å². The van der Waals surface area contributed by atoms with Gasteiger partial charge in [0, 0.05) is 24.8 Å². The van der Waals surface area contributed by atoms with E-state index < -0.39 is 0 Å². The molecule has 1 aliphatic heterocycles. The van der Waals surface area contributed by atoms with Gasteiger partial charge in [-0.3, -0.25) is 4.79 Å². The fourth-order valence-corrected chi connectivity index (χ4v) is 3.46. The van der Waals surface area contributed by atoms with Crippen molar-refractivity contribution >= 4 is 17.0 Å². The zero-order chi connectivity index (χ0) is 17.4. The quantitative estimate of drug-likeness (QED) is 0.935. The van der Waals surface area contributed by atoms with E-state index >= 15 is 0 Å². The van der Waals surface area contributed by atoms with Crippen LogP contribution in [0, 0.1) is 12.8 Å². The molecule has 6 heteroatoms. The third kappa shape index (κ3) is 3.02. The van der Waals surface area contributed by atoms with Crippen molar-refractivity contribution in [3.05, 3.63) is 23.0 Å². The third-order valence-corrected chi connectivity index (χ3v) is 4.95. The fraction of sp³-hybridized carbons (Fsp3) is 0.611. The summed E-state index contributed by atoms with van der Waals surface area (Å²) >= 11 is 0. The number of rotatable bonds is 3. The minimum Gasteiger partial charge on any atom is -0.339 e. The number of pyridine rings is 1. The molecule has 6 nitrogen and oxygen atoms in total. The number of likely N-dealkylation sites (tertiary alicyclic amines) is 1. The summed E-state index contributed by atoms with van der Waals surface area (Å²) in [5, 5.41) is 4.89. The van der Waals surface area contributed by atoms with E-state index in [-0.39, 0.29) is 17.9 Å². The highest BCUT2D eigenvalue weighted by molar-refractivity contribution is 6.06. The molecule has 1 saturated heterocycles. The molecule has 0 aliphatic carbocycles. The van der Waals surface area contributed by atoms with Crippen LogP contribution in [0.1, 0.15) is 61.3 Å². The average molecular weight is 330 g/mol. The lowest BCUT2D eigenvalue weighted by molar-refractivity contribution is 0.0682. The first-order chi connectivity index (χ1) is 11.4. The predicted octanol–water partition coefficient (Wildman–Crippen LogP) is 2.85. The van der Waals surface area contributed by atoms with Crippen LogP contribution in [0.25, 0.3) is 11.1 Å². The Morgan fingerprint density at radius 2 is 2.00 bits per heavy atom. The van der Waals surface area contributed by atoms with Crippen molar-refractivity contribution in [2.24, 2.45) is 11.7 Å². The largest absolute Gasteiger partial charge is 0.339 e. The lowest BCUT2D eigenvalue weighted by atomic mass is 9.90. The van der Waals surface area contributed by atoms with Gasteiger partial charge in [0.05, 0.1) is 16.6 Å². The van der Waals surface area contributed by atoms with Crippen LogP contribution < -0.4 is 5.73 Å². The molecule has 1 unspecified atom stereocenters. The van der Waals surface area contributed by atoms with Gasteiger partial charge < -0.3 is 15.2 Å².